The molecule has 10 heteroatoms. The minimum absolute atomic E-state index is 0.326. The molecule has 4 aromatic heterocycles. The van der Waals surface area contributed by atoms with Crippen molar-refractivity contribution in [1.82, 2.24) is 34.6 Å². The molecule has 0 radical (unpaired) electrons. The SMILES string of the molecule is Cc1cn2cc(NC(=O)c3cnc(N4C[C@@H](C)N[C@@H](C)C4)c4nccnc34)nc2c(C)n1. The van der Waals surface area contributed by atoms with Crippen LogP contribution in [-0.2, 0) is 0 Å². The van der Waals surface area contributed by atoms with Crippen LogP contribution < -0.4 is 15.5 Å². The monoisotopic (exact) mass is 431 g/mol. The number of pyridine rings is 1. The fourth-order valence-corrected chi connectivity index (χ4v) is 4.39. The van der Waals surface area contributed by atoms with Gasteiger partial charge in [-0.3, -0.25) is 14.8 Å². The van der Waals surface area contributed by atoms with E-state index in [9.17, 15) is 4.79 Å². The molecule has 0 saturated carbocycles. The first-order valence-corrected chi connectivity index (χ1v) is 10.6. The zero-order valence-electron chi connectivity index (χ0n) is 18.5. The molecular weight excluding hydrogens is 406 g/mol. The van der Waals surface area contributed by atoms with Crippen LogP contribution in [0.3, 0.4) is 0 Å². The summed E-state index contributed by atoms with van der Waals surface area (Å²) in [6.45, 7) is 9.72. The van der Waals surface area contributed by atoms with Crippen LogP contribution in [0.15, 0.2) is 31.0 Å². The highest BCUT2D eigenvalue weighted by Gasteiger charge is 2.25. The molecule has 0 spiro atoms. The predicted molar refractivity (Wildman–Crippen MR) is 122 cm³/mol. The molecule has 1 fully saturated rings. The van der Waals surface area contributed by atoms with Gasteiger partial charge in [0.25, 0.3) is 5.91 Å². The molecule has 1 aliphatic rings. The summed E-state index contributed by atoms with van der Waals surface area (Å²) in [4.78, 5) is 37.9. The largest absolute Gasteiger partial charge is 0.352 e. The summed E-state index contributed by atoms with van der Waals surface area (Å²) in [5, 5.41) is 6.39. The van der Waals surface area contributed by atoms with E-state index in [0.29, 0.717) is 40.1 Å². The Morgan fingerprint density at radius 2 is 1.75 bits per heavy atom. The van der Waals surface area contributed by atoms with Gasteiger partial charge in [0.05, 0.1) is 23.1 Å². The molecule has 1 amide bonds. The molecule has 32 heavy (non-hydrogen) atoms. The normalized spacial score (nSPS) is 18.9. The third-order valence-corrected chi connectivity index (χ3v) is 5.55. The van der Waals surface area contributed by atoms with Gasteiger partial charge in [-0.2, -0.15) is 0 Å². The number of aryl methyl sites for hydroxylation is 2. The molecule has 1 aliphatic heterocycles. The van der Waals surface area contributed by atoms with Crippen molar-refractivity contribution in [3.05, 3.63) is 47.9 Å². The first-order chi connectivity index (χ1) is 15.4. The van der Waals surface area contributed by atoms with Crippen molar-refractivity contribution < 1.29 is 4.79 Å². The molecule has 2 atom stereocenters. The van der Waals surface area contributed by atoms with E-state index in [-0.39, 0.29) is 5.91 Å². The van der Waals surface area contributed by atoms with E-state index < -0.39 is 0 Å². The van der Waals surface area contributed by atoms with E-state index >= 15 is 0 Å². The van der Waals surface area contributed by atoms with Gasteiger partial charge in [0.15, 0.2) is 17.3 Å². The molecule has 4 aromatic rings. The van der Waals surface area contributed by atoms with Crippen LogP contribution in [0.2, 0.25) is 0 Å². The Labute approximate surface area is 185 Å². The number of nitrogens with one attached hydrogen (secondary N) is 2. The van der Waals surface area contributed by atoms with E-state index in [2.05, 4.69) is 54.3 Å². The van der Waals surface area contributed by atoms with Gasteiger partial charge >= 0.3 is 0 Å². The number of carbonyl (C=O) groups is 1. The van der Waals surface area contributed by atoms with Crippen LogP contribution in [0.5, 0.6) is 0 Å². The van der Waals surface area contributed by atoms with Gasteiger partial charge < -0.3 is 19.9 Å². The van der Waals surface area contributed by atoms with E-state index in [1.54, 1.807) is 24.8 Å². The van der Waals surface area contributed by atoms with Crippen molar-refractivity contribution in [2.75, 3.05) is 23.3 Å². The quantitative estimate of drug-likeness (QED) is 0.507. The molecule has 1 saturated heterocycles. The Kier molecular flexibility index (Phi) is 4.93. The molecular formula is C22H25N9O. The second kappa shape index (κ2) is 7.79. The minimum atomic E-state index is -0.331. The molecule has 5 heterocycles. The Bertz CT molecular complexity index is 1320. The van der Waals surface area contributed by atoms with Gasteiger partial charge in [-0.1, -0.05) is 0 Å². The minimum Gasteiger partial charge on any atom is -0.352 e. The fraction of sp³-hybridized carbons (Fsp3) is 0.364. The highest BCUT2D eigenvalue weighted by atomic mass is 16.1. The summed E-state index contributed by atoms with van der Waals surface area (Å²) >= 11 is 0. The molecule has 2 N–H and O–H groups in total. The molecule has 10 nitrogen and oxygen atoms in total. The number of aromatic nitrogens is 6. The lowest BCUT2D eigenvalue weighted by Crippen LogP contribution is -2.54. The van der Waals surface area contributed by atoms with Gasteiger partial charge in [-0.25, -0.2) is 15.0 Å². The highest BCUT2D eigenvalue weighted by Crippen LogP contribution is 2.26. The Morgan fingerprint density at radius 1 is 1.03 bits per heavy atom. The third kappa shape index (κ3) is 3.62. The maximum Gasteiger partial charge on any atom is 0.260 e. The van der Waals surface area contributed by atoms with Gasteiger partial charge in [0.2, 0.25) is 0 Å². The molecule has 0 aliphatic carbocycles. The van der Waals surface area contributed by atoms with Crippen molar-refractivity contribution in [3.8, 4) is 0 Å². The van der Waals surface area contributed by atoms with Crippen molar-refractivity contribution >= 4 is 34.2 Å². The van der Waals surface area contributed by atoms with E-state index in [4.69, 9.17) is 0 Å². The topological polar surface area (TPSA) is 113 Å². The standard InChI is InChI=1S/C22H25N9O/c1-12-8-30(9-13(2)26-12)21-19-18(23-5-6-24-19)16(7-25-21)22(32)29-17-11-31-10-14(3)27-15(4)20(31)28-17/h5-7,10-13,26H,8-9H2,1-4H3,(H,29,32)/t12-,13+. The summed E-state index contributed by atoms with van der Waals surface area (Å²) in [5.74, 6) is 0.855. The van der Waals surface area contributed by atoms with Crippen molar-refractivity contribution in [2.45, 2.75) is 39.8 Å². The maximum absolute atomic E-state index is 13.1. The molecule has 0 bridgehead atoms. The molecule has 0 aromatic carbocycles. The van der Waals surface area contributed by atoms with Crippen LogP contribution in [0.1, 0.15) is 35.6 Å². The number of fused-ring (bicyclic) bond motifs is 2. The Hall–Kier alpha value is -3.66. The van der Waals surface area contributed by atoms with Crippen LogP contribution in [0.25, 0.3) is 16.7 Å². The lowest BCUT2D eigenvalue weighted by Gasteiger charge is -2.37. The van der Waals surface area contributed by atoms with Gasteiger partial charge in [0, 0.05) is 50.0 Å². The third-order valence-electron chi connectivity index (χ3n) is 5.55. The summed E-state index contributed by atoms with van der Waals surface area (Å²) in [5.41, 5.74) is 3.87. The maximum atomic E-state index is 13.1. The van der Waals surface area contributed by atoms with E-state index in [0.717, 1.165) is 30.3 Å². The van der Waals surface area contributed by atoms with Gasteiger partial charge in [-0.15, -0.1) is 0 Å². The average molecular weight is 432 g/mol. The van der Waals surface area contributed by atoms with Crippen LogP contribution >= 0.6 is 0 Å². The van der Waals surface area contributed by atoms with E-state index in [1.165, 1.54) is 0 Å². The number of rotatable bonds is 3. The Balaban J connectivity index is 1.49. The molecule has 5 rings (SSSR count). The molecule has 164 valence electrons. The van der Waals surface area contributed by atoms with Crippen LogP contribution in [-0.4, -0.2) is 60.4 Å². The number of hydrogen-bond donors (Lipinski definition) is 2. The van der Waals surface area contributed by atoms with Crippen molar-refractivity contribution in [2.24, 2.45) is 0 Å². The first-order valence-electron chi connectivity index (χ1n) is 10.6. The van der Waals surface area contributed by atoms with Gasteiger partial charge in [-0.05, 0) is 27.7 Å². The number of hydrogen-bond acceptors (Lipinski definition) is 8. The predicted octanol–water partition coefficient (Wildman–Crippen LogP) is 2.12. The summed E-state index contributed by atoms with van der Waals surface area (Å²) < 4.78 is 1.86. The van der Waals surface area contributed by atoms with Crippen molar-refractivity contribution in [1.29, 1.82) is 0 Å². The van der Waals surface area contributed by atoms with Crippen LogP contribution in [0.4, 0.5) is 11.6 Å². The van der Waals surface area contributed by atoms with E-state index in [1.807, 2.05) is 24.4 Å². The smallest absolute Gasteiger partial charge is 0.260 e. The number of anilines is 2. The summed E-state index contributed by atoms with van der Waals surface area (Å²) in [6, 6.07) is 0.652. The first kappa shape index (κ1) is 20.3. The average Bonchev–Trinajstić information content (AvgIpc) is 3.14. The lowest BCUT2D eigenvalue weighted by molar-refractivity contribution is 0.102. The summed E-state index contributed by atoms with van der Waals surface area (Å²) in [6.07, 6.45) is 8.44. The summed E-state index contributed by atoms with van der Waals surface area (Å²) in [7, 11) is 0. The zero-order chi connectivity index (χ0) is 22.4. The molecule has 0 unspecified atom stereocenters. The number of amides is 1. The highest BCUT2D eigenvalue weighted by molar-refractivity contribution is 6.12. The second-order valence-electron chi connectivity index (χ2n) is 8.40. The zero-order valence-corrected chi connectivity index (χ0v) is 18.5. The number of piperazine rings is 1. The number of carbonyl (C=O) groups excluding carboxylic acids is 1. The fourth-order valence-electron chi connectivity index (χ4n) is 4.39. The number of nitrogens with zero attached hydrogens (tertiary/aromatic N) is 7. The van der Waals surface area contributed by atoms with Crippen LogP contribution in [0, 0.1) is 13.8 Å². The Morgan fingerprint density at radius 3 is 2.50 bits per heavy atom. The second-order valence-corrected chi connectivity index (χ2v) is 8.40. The van der Waals surface area contributed by atoms with Gasteiger partial charge in [0.1, 0.15) is 11.0 Å². The van der Waals surface area contributed by atoms with Crippen molar-refractivity contribution in [3.63, 3.8) is 0 Å². The lowest BCUT2D eigenvalue weighted by atomic mass is 10.1. The number of imidazole rings is 1.